The van der Waals surface area contributed by atoms with E-state index in [4.69, 9.17) is 0 Å². The zero-order chi connectivity index (χ0) is 14.1. The van der Waals surface area contributed by atoms with Crippen LogP contribution in [0.1, 0.15) is 10.4 Å². The van der Waals surface area contributed by atoms with E-state index in [1.165, 1.54) is 0 Å². The molecule has 0 aromatic heterocycles. The topological polar surface area (TPSA) is 35.6 Å². The van der Waals surface area contributed by atoms with Gasteiger partial charge in [0.15, 0.2) is 0 Å². The van der Waals surface area contributed by atoms with E-state index in [9.17, 15) is 9.18 Å². The van der Waals surface area contributed by atoms with Gasteiger partial charge < -0.3 is 10.2 Å². The van der Waals surface area contributed by atoms with Crippen molar-refractivity contribution in [2.24, 2.45) is 0 Å². The van der Waals surface area contributed by atoms with Crippen LogP contribution in [0.25, 0.3) is 0 Å². The summed E-state index contributed by atoms with van der Waals surface area (Å²) in [5.41, 5.74) is 0.151. The Kier molecular flexibility index (Phi) is 4.05. The fourth-order valence-electron chi connectivity index (χ4n) is 2.66. The van der Waals surface area contributed by atoms with Crippen LogP contribution in [0.3, 0.4) is 0 Å². The zero-order valence-corrected chi connectivity index (χ0v) is 12.7. The van der Waals surface area contributed by atoms with E-state index in [1.807, 2.05) is 0 Å². The van der Waals surface area contributed by atoms with Gasteiger partial charge in [0.2, 0.25) is 0 Å². The van der Waals surface area contributed by atoms with E-state index in [2.05, 4.69) is 26.1 Å². The van der Waals surface area contributed by atoms with Crippen LogP contribution < -0.4 is 5.32 Å². The Balaban J connectivity index is 1.65. The largest absolute Gasteiger partial charge is 0.336 e. The summed E-state index contributed by atoms with van der Waals surface area (Å²) in [5, 5.41) is 3.26. The molecule has 0 spiro atoms. The minimum Gasteiger partial charge on any atom is -0.336 e. The number of carbonyl (C=O) groups is 1. The molecule has 1 aromatic rings. The summed E-state index contributed by atoms with van der Waals surface area (Å²) in [4.78, 5) is 16.5. The van der Waals surface area contributed by atoms with E-state index in [0.717, 1.165) is 26.2 Å². The summed E-state index contributed by atoms with van der Waals surface area (Å²) in [7, 11) is 0. The lowest BCUT2D eigenvalue weighted by molar-refractivity contribution is 0.0498. The zero-order valence-electron chi connectivity index (χ0n) is 11.1. The molecule has 0 radical (unpaired) electrons. The molecule has 20 heavy (non-hydrogen) atoms. The molecule has 1 N–H and O–H groups in total. The second-order valence-corrected chi connectivity index (χ2v) is 6.10. The second-order valence-electron chi connectivity index (χ2n) is 5.24. The first-order valence-corrected chi connectivity index (χ1v) is 7.64. The van der Waals surface area contributed by atoms with Crippen LogP contribution in [-0.2, 0) is 0 Å². The molecule has 1 aromatic carbocycles. The van der Waals surface area contributed by atoms with Gasteiger partial charge in [0.25, 0.3) is 5.91 Å². The van der Waals surface area contributed by atoms with Crippen molar-refractivity contribution < 1.29 is 9.18 Å². The first kappa shape index (κ1) is 14.0. The average Bonchev–Trinajstić information content (AvgIpc) is 2.40. The monoisotopic (exact) mass is 341 g/mol. The normalized spacial score (nSPS) is 20.8. The molecule has 0 atom stereocenters. The average molecular weight is 342 g/mol. The molecule has 6 heteroatoms. The predicted octanol–water partition coefficient (Wildman–Crippen LogP) is 1.32. The highest BCUT2D eigenvalue weighted by Gasteiger charge is 2.30. The Bertz CT molecular complexity index is 513. The number of hydrogen-bond acceptors (Lipinski definition) is 3. The lowest BCUT2D eigenvalue weighted by atomic mass is 10.1. The molecule has 3 rings (SSSR count). The van der Waals surface area contributed by atoms with Gasteiger partial charge in [-0.05, 0) is 28.1 Å². The maximum atomic E-state index is 14.0. The lowest BCUT2D eigenvalue weighted by Gasteiger charge is -2.43. The van der Waals surface area contributed by atoms with Crippen LogP contribution in [-0.4, -0.2) is 61.0 Å². The molecule has 2 aliphatic rings. The molecule has 0 bridgehead atoms. The molecule has 2 heterocycles. The minimum absolute atomic E-state index is 0.151. The van der Waals surface area contributed by atoms with Crippen LogP contribution >= 0.6 is 15.9 Å². The van der Waals surface area contributed by atoms with Gasteiger partial charge in [-0.3, -0.25) is 9.69 Å². The molecule has 108 valence electrons. The summed E-state index contributed by atoms with van der Waals surface area (Å²) < 4.78 is 14.3. The van der Waals surface area contributed by atoms with E-state index >= 15 is 0 Å². The molecular formula is C14H17BrFN3O. The molecule has 0 aliphatic carbocycles. The van der Waals surface area contributed by atoms with Gasteiger partial charge >= 0.3 is 0 Å². The molecule has 4 nitrogen and oxygen atoms in total. The third kappa shape index (κ3) is 2.60. The molecule has 2 aliphatic heterocycles. The van der Waals surface area contributed by atoms with Crippen molar-refractivity contribution in [1.82, 2.24) is 15.1 Å². The minimum atomic E-state index is -0.469. The van der Waals surface area contributed by atoms with Crippen LogP contribution in [0, 0.1) is 5.82 Å². The Hall–Kier alpha value is -0.980. The maximum Gasteiger partial charge on any atom is 0.256 e. The van der Waals surface area contributed by atoms with Gasteiger partial charge in [0.05, 0.1) is 10.0 Å². The molecule has 0 saturated carbocycles. The maximum absolute atomic E-state index is 14.0. The first-order chi connectivity index (χ1) is 9.66. The summed E-state index contributed by atoms with van der Waals surface area (Å²) in [6, 6.07) is 5.45. The highest BCUT2D eigenvalue weighted by molar-refractivity contribution is 9.10. The number of halogens is 2. The Morgan fingerprint density at radius 2 is 1.95 bits per heavy atom. The number of carbonyl (C=O) groups excluding carboxylic acids is 1. The van der Waals surface area contributed by atoms with Crippen LogP contribution in [0.4, 0.5) is 4.39 Å². The quantitative estimate of drug-likeness (QED) is 0.881. The number of nitrogens with zero attached hydrogens (tertiary/aromatic N) is 2. The van der Waals surface area contributed by atoms with Crippen molar-refractivity contribution in [3.05, 3.63) is 34.1 Å². The van der Waals surface area contributed by atoms with Gasteiger partial charge in [0.1, 0.15) is 5.82 Å². The molecule has 1 amide bonds. The standard InChI is InChI=1S/C14H17BrFN3O/c15-12-3-1-2-11(13(12)16)14(20)19-6-4-18(5-7-19)10-8-17-9-10/h1-3,10,17H,4-9H2. The molecule has 2 saturated heterocycles. The Labute approximate surface area is 126 Å². The van der Waals surface area contributed by atoms with Crippen LogP contribution in [0.5, 0.6) is 0 Å². The van der Waals surface area contributed by atoms with E-state index < -0.39 is 5.82 Å². The van der Waals surface area contributed by atoms with Crippen molar-refractivity contribution >= 4 is 21.8 Å². The van der Waals surface area contributed by atoms with Gasteiger partial charge in [0, 0.05) is 45.3 Å². The fourth-order valence-corrected chi connectivity index (χ4v) is 3.03. The number of piperazine rings is 1. The summed E-state index contributed by atoms with van der Waals surface area (Å²) in [6.07, 6.45) is 0. The van der Waals surface area contributed by atoms with Crippen LogP contribution in [0.2, 0.25) is 0 Å². The molecule has 0 unspecified atom stereocenters. The number of benzene rings is 1. The summed E-state index contributed by atoms with van der Waals surface area (Å²) in [6.45, 7) is 5.15. The van der Waals surface area contributed by atoms with E-state index in [1.54, 1.807) is 23.1 Å². The van der Waals surface area contributed by atoms with Crippen molar-refractivity contribution in [2.45, 2.75) is 6.04 Å². The van der Waals surface area contributed by atoms with E-state index in [-0.39, 0.29) is 11.5 Å². The summed E-state index contributed by atoms with van der Waals surface area (Å²) in [5.74, 6) is -0.682. The first-order valence-electron chi connectivity index (χ1n) is 6.85. The number of hydrogen-bond donors (Lipinski definition) is 1. The number of rotatable bonds is 2. The second kappa shape index (κ2) is 5.79. The van der Waals surface area contributed by atoms with Crippen LogP contribution in [0.15, 0.2) is 22.7 Å². The number of amides is 1. The SMILES string of the molecule is O=C(c1cccc(Br)c1F)N1CCN(C2CNC2)CC1. The molecular weight excluding hydrogens is 325 g/mol. The van der Waals surface area contributed by atoms with Crippen molar-refractivity contribution in [1.29, 1.82) is 0 Å². The van der Waals surface area contributed by atoms with Crippen molar-refractivity contribution in [2.75, 3.05) is 39.3 Å². The van der Waals surface area contributed by atoms with Gasteiger partial charge in [-0.15, -0.1) is 0 Å². The third-order valence-corrected chi connectivity index (χ3v) is 4.67. The van der Waals surface area contributed by atoms with E-state index in [0.29, 0.717) is 23.6 Å². The van der Waals surface area contributed by atoms with Gasteiger partial charge in [-0.1, -0.05) is 6.07 Å². The smallest absolute Gasteiger partial charge is 0.256 e. The third-order valence-electron chi connectivity index (χ3n) is 4.06. The highest BCUT2D eigenvalue weighted by Crippen LogP contribution is 2.21. The fraction of sp³-hybridized carbons (Fsp3) is 0.500. The Morgan fingerprint density at radius 1 is 1.25 bits per heavy atom. The highest BCUT2D eigenvalue weighted by atomic mass is 79.9. The van der Waals surface area contributed by atoms with Gasteiger partial charge in [-0.25, -0.2) is 4.39 Å². The number of nitrogens with one attached hydrogen (secondary N) is 1. The molecule has 2 fully saturated rings. The van der Waals surface area contributed by atoms with Crippen molar-refractivity contribution in [3.63, 3.8) is 0 Å². The van der Waals surface area contributed by atoms with Gasteiger partial charge in [-0.2, -0.15) is 0 Å². The predicted molar refractivity (Wildman–Crippen MR) is 78.2 cm³/mol. The lowest BCUT2D eigenvalue weighted by Crippen LogP contribution is -2.62. The summed E-state index contributed by atoms with van der Waals surface area (Å²) >= 11 is 3.12. The Morgan fingerprint density at radius 3 is 2.55 bits per heavy atom. The van der Waals surface area contributed by atoms with Crippen molar-refractivity contribution in [3.8, 4) is 0 Å².